The lowest BCUT2D eigenvalue weighted by Crippen LogP contribution is -2.54. The highest BCUT2D eigenvalue weighted by molar-refractivity contribution is 6.07. The first-order chi connectivity index (χ1) is 15.7. The smallest absolute Gasteiger partial charge is 0.388 e. The summed E-state index contributed by atoms with van der Waals surface area (Å²) in [5.41, 5.74) is 1.40. The van der Waals surface area contributed by atoms with Crippen LogP contribution in [0, 0.1) is 0 Å². The van der Waals surface area contributed by atoms with E-state index in [0.29, 0.717) is 18.7 Å². The van der Waals surface area contributed by atoms with E-state index in [1.54, 1.807) is 24.1 Å². The lowest BCUT2D eigenvalue weighted by molar-refractivity contribution is -0.133. The summed E-state index contributed by atoms with van der Waals surface area (Å²) in [6, 6.07) is 8.72. The second kappa shape index (κ2) is 10.5. The van der Waals surface area contributed by atoms with Crippen LogP contribution in [0.15, 0.2) is 36.4 Å². The Bertz CT molecular complexity index is 1000. The number of likely N-dealkylation sites (N-methyl/N-ethyl adjacent to an activating group) is 1. The highest BCUT2D eigenvalue weighted by Crippen LogP contribution is 2.33. The largest absolute Gasteiger partial charge is 0.481 e. The van der Waals surface area contributed by atoms with Crippen molar-refractivity contribution in [3.8, 4) is 11.8 Å². The number of likely N-dealkylation sites (tertiary alicyclic amines) is 1. The third-order valence-electron chi connectivity index (χ3n) is 5.47. The average Bonchev–Trinajstić information content (AvgIpc) is 2.78. The summed E-state index contributed by atoms with van der Waals surface area (Å²) < 4.78 is 35.3. The molecule has 10 heteroatoms. The number of carbonyl (C=O) groups is 2. The van der Waals surface area contributed by atoms with Crippen LogP contribution in [-0.2, 0) is 4.79 Å². The molecular formula is C23H28F2N4O4. The van der Waals surface area contributed by atoms with Gasteiger partial charge in [0, 0.05) is 25.3 Å². The van der Waals surface area contributed by atoms with Crippen LogP contribution in [0.25, 0.3) is 0 Å². The zero-order chi connectivity index (χ0) is 24.1. The summed E-state index contributed by atoms with van der Waals surface area (Å²) in [7, 11) is 3.03. The number of ether oxygens (including phenoxy) is 2. The van der Waals surface area contributed by atoms with Gasteiger partial charge in [0.2, 0.25) is 17.7 Å². The Kier molecular flexibility index (Phi) is 7.67. The predicted molar refractivity (Wildman–Crippen MR) is 120 cm³/mol. The molecule has 1 N–H and O–H groups in total. The number of halogens is 2. The van der Waals surface area contributed by atoms with Crippen LogP contribution in [0.4, 0.5) is 25.0 Å². The maximum absolute atomic E-state index is 13.6. The van der Waals surface area contributed by atoms with E-state index in [-0.39, 0.29) is 23.4 Å². The van der Waals surface area contributed by atoms with Crippen LogP contribution in [0.5, 0.6) is 11.8 Å². The molecule has 1 fully saturated rings. The standard InChI is InChI=1S/C23H28F2N4O4/c1-14(2)15-8-5-6-9-17(15)29(18-10-7-13-28(3)21(18)30)23(31)26-16-11-12-19(32-4)27-20(16)33-22(24)25/h5-6,8-9,11-12,14,18,22H,7,10,13H2,1-4H3,(H,26,31). The number of para-hydroxylation sites is 1. The van der Waals surface area contributed by atoms with E-state index in [2.05, 4.69) is 15.0 Å². The van der Waals surface area contributed by atoms with Crippen LogP contribution in [0.3, 0.4) is 0 Å². The molecule has 0 bridgehead atoms. The minimum absolute atomic E-state index is 0.0507. The molecule has 2 aromatic rings. The number of urea groups is 1. The Morgan fingerprint density at radius 3 is 2.64 bits per heavy atom. The number of methoxy groups -OCH3 is 1. The number of piperidine rings is 1. The Labute approximate surface area is 191 Å². The van der Waals surface area contributed by atoms with Gasteiger partial charge in [0.1, 0.15) is 11.7 Å². The Morgan fingerprint density at radius 2 is 1.97 bits per heavy atom. The molecule has 1 aliphatic heterocycles. The number of benzene rings is 1. The third-order valence-corrected chi connectivity index (χ3v) is 5.47. The molecule has 1 atom stereocenters. The van der Waals surface area contributed by atoms with E-state index in [0.717, 1.165) is 12.0 Å². The van der Waals surface area contributed by atoms with Gasteiger partial charge in [-0.3, -0.25) is 9.69 Å². The number of rotatable bonds is 7. The molecule has 2 heterocycles. The van der Waals surface area contributed by atoms with Crippen molar-refractivity contribution >= 4 is 23.3 Å². The van der Waals surface area contributed by atoms with Crippen molar-refractivity contribution in [3.63, 3.8) is 0 Å². The summed E-state index contributed by atoms with van der Waals surface area (Å²) in [6.07, 6.45) is 1.20. The fourth-order valence-corrected chi connectivity index (χ4v) is 3.85. The molecule has 1 unspecified atom stereocenters. The second-order valence-electron chi connectivity index (χ2n) is 8.02. The van der Waals surface area contributed by atoms with Crippen molar-refractivity contribution in [2.24, 2.45) is 0 Å². The van der Waals surface area contributed by atoms with Crippen LogP contribution in [-0.4, -0.2) is 55.2 Å². The number of alkyl halides is 2. The maximum Gasteiger partial charge on any atom is 0.388 e. The van der Waals surface area contributed by atoms with E-state index < -0.39 is 24.6 Å². The summed E-state index contributed by atoms with van der Waals surface area (Å²) >= 11 is 0. The number of anilines is 2. The van der Waals surface area contributed by atoms with Crippen molar-refractivity contribution < 1.29 is 27.8 Å². The molecular weight excluding hydrogens is 434 g/mol. The van der Waals surface area contributed by atoms with Gasteiger partial charge >= 0.3 is 12.6 Å². The van der Waals surface area contributed by atoms with Crippen molar-refractivity contribution in [3.05, 3.63) is 42.0 Å². The number of amides is 3. The number of hydrogen-bond acceptors (Lipinski definition) is 5. The number of nitrogens with one attached hydrogen (secondary N) is 1. The molecule has 3 amide bonds. The molecule has 1 aliphatic rings. The van der Waals surface area contributed by atoms with E-state index in [4.69, 9.17) is 4.74 Å². The molecule has 0 spiro atoms. The van der Waals surface area contributed by atoms with Gasteiger partial charge in [-0.1, -0.05) is 32.0 Å². The molecule has 1 aromatic carbocycles. The summed E-state index contributed by atoms with van der Waals surface area (Å²) in [6.45, 7) is 1.44. The van der Waals surface area contributed by atoms with Crippen LogP contribution >= 0.6 is 0 Å². The maximum atomic E-state index is 13.6. The van der Waals surface area contributed by atoms with Crippen LogP contribution in [0.2, 0.25) is 0 Å². The van der Waals surface area contributed by atoms with E-state index in [9.17, 15) is 18.4 Å². The van der Waals surface area contributed by atoms with Gasteiger partial charge in [-0.25, -0.2) is 4.79 Å². The lowest BCUT2D eigenvalue weighted by Gasteiger charge is -2.38. The number of carbonyl (C=O) groups excluding carboxylic acids is 2. The number of aromatic nitrogens is 1. The Morgan fingerprint density at radius 1 is 1.24 bits per heavy atom. The molecule has 0 radical (unpaired) electrons. The third kappa shape index (κ3) is 5.50. The second-order valence-corrected chi connectivity index (χ2v) is 8.02. The first-order valence-corrected chi connectivity index (χ1v) is 10.7. The highest BCUT2D eigenvalue weighted by Gasteiger charge is 2.37. The summed E-state index contributed by atoms with van der Waals surface area (Å²) in [5, 5.41) is 2.60. The van der Waals surface area contributed by atoms with Crippen LogP contribution in [0.1, 0.15) is 38.2 Å². The summed E-state index contributed by atoms with van der Waals surface area (Å²) in [4.78, 5) is 33.5. The van der Waals surface area contributed by atoms with E-state index >= 15 is 0 Å². The molecule has 178 valence electrons. The molecule has 3 rings (SSSR count). The normalized spacial score (nSPS) is 16.2. The van der Waals surface area contributed by atoms with Crippen molar-refractivity contribution in [2.45, 2.75) is 45.3 Å². The highest BCUT2D eigenvalue weighted by atomic mass is 19.3. The zero-order valence-corrected chi connectivity index (χ0v) is 19.0. The van der Waals surface area contributed by atoms with Gasteiger partial charge in [-0.05, 0) is 36.5 Å². The molecule has 33 heavy (non-hydrogen) atoms. The van der Waals surface area contributed by atoms with Gasteiger partial charge < -0.3 is 19.7 Å². The Balaban J connectivity index is 2.03. The van der Waals surface area contributed by atoms with Crippen LogP contribution < -0.4 is 19.7 Å². The van der Waals surface area contributed by atoms with Gasteiger partial charge in [-0.2, -0.15) is 13.8 Å². The Hall–Kier alpha value is -3.43. The predicted octanol–water partition coefficient (Wildman–Crippen LogP) is 4.47. The molecule has 1 saturated heterocycles. The monoisotopic (exact) mass is 462 g/mol. The van der Waals surface area contributed by atoms with Crippen molar-refractivity contribution in [1.82, 2.24) is 9.88 Å². The number of pyridine rings is 1. The fraction of sp³-hybridized carbons (Fsp3) is 0.435. The zero-order valence-electron chi connectivity index (χ0n) is 19.0. The minimum Gasteiger partial charge on any atom is -0.481 e. The number of nitrogens with zero attached hydrogens (tertiary/aromatic N) is 3. The molecule has 0 aliphatic carbocycles. The van der Waals surface area contributed by atoms with Gasteiger partial charge in [0.05, 0.1) is 7.11 Å². The quantitative estimate of drug-likeness (QED) is 0.656. The first kappa shape index (κ1) is 24.2. The SMILES string of the molecule is COc1ccc(NC(=O)N(c2ccccc2C(C)C)C2CCCN(C)C2=O)c(OC(F)F)n1. The summed E-state index contributed by atoms with van der Waals surface area (Å²) in [5.74, 6) is -0.545. The average molecular weight is 462 g/mol. The van der Waals surface area contributed by atoms with Gasteiger partial charge in [0.25, 0.3) is 0 Å². The molecule has 0 saturated carbocycles. The molecule has 8 nitrogen and oxygen atoms in total. The topological polar surface area (TPSA) is 84.0 Å². The van der Waals surface area contributed by atoms with E-state index in [1.807, 2.05) is 26.0 Å². The first-order valence-electron chi connectivity index (χ1n) is 10.7. The fourth-order valence-electron chi connectivity index (χ4n) is 3.85. The van der Waals surface area contributed by atoms with Gasteiger partial charge in [-0.15, -0.1) is 0 Å². The van der Waals surface area contributed by atoms with Crippen molar-refractivity contribution in [2.75, 3.05) is 30.9 Å². The van der Waals surface area contributed by atoms with E-state index in [1.165, 1.54) is 24.1 Å². The lowest BCUT2D eigenvalue weighted by atomic mass is 9.97. The molecule has 1 aromatic heterocycles. The van der Waals surface area contributed by atoms with Crippen molar-refractivity contribution in [1.29, 1.82) is 0 Å². The number of hydrogen-bond donors (Lipinski definition) is 1. The van der Waals surface area contributed by atoms with Gasteiger partial charge in [0.15, 0.2) is 0 Å². The minimum atomic E-state index is -3.15.